The summed E-state index contributed by atoms with van der Waals surface area (Å²) in [6.07, 6.45) is 3.60. The van der Waals surface area contributed by atoms with Gasteiger partial charge in [0.1, 0.15) is 12.4 Å². The van der Waals surface area contributed by atoms with Crippen molar-refractivity contribution in [3.8, 4) is 0 Å². The Kier molecular flexibility index (Phi) is 3.48. The monoisotopic (exact) mass is 251 g/mol. The van der Waals surface area contributed by atoms with Crippen LogP contribution in [-0.4, -0.2) is 61.7 Å². The van der Waals surface area contributed by atoms with E-state index in [2.05, 4.69) is 29.1 Å². The Morgan fingerprint density at radius 1 is 1.33 bits per heavy atom. The number of ether oxygens (including phenoxy) is 1. The molecule has 1 aliphatic carbocycles. The van der Waals surface area contributed by atoms with Gasteiger partial charge in [0.25, 0.3) is 0 Å². The van der Waals surface area contributed by atoms with Gasteiger partial charge in [0.15, 0.2) is 0 Å². The van der Waals surface area contributed by atoms with Crippen molar-refractivity contribution in [3.05, 3.63) is 11.5 Å². The van der Waals surface area contributed by atoms with E-state index in [0.29, 0.717) is 12.1 Å². The molecule has 2 aliphatic heterocycles. The molecule has 2 heterocycles. The highest BCUT2D eigenvalue weighted by Gasteiger charge is 2.31. The third kappa shape index (κ3) is 2.36. The predicted octanol–water partition coefficient (Wildman–Crippen LogP) is 1.01. The largest absolute Gasteiger partial charge is 0.494 e. The molecule has 0 aromatic heterocycles. The maximum atomic E-state index is 5.90. The van der Waals surface area contributed by atoms with Crippen LogP contribution in [0.5, 0.6) is 0 Å². The summed E-state index contributed by atoms with van der Waals surface area (Å²) in [4.78, 5) is 5.04. The maximum absolute atomic E-state index is 5.90. The van der Waals surface area contributed by atoms with Gasteiger partial charge in [0.05, 0.1) is 12.2 Å². The molecule has 3 aliphatic rings. The van der Waals surface area contributed by atoms with Crippen LogP contribution in [0, 0.1) is 0 Å². The zero-order valence-electron chi connectivity index (χ0n) is 11.6. The van der Waals surface area contributed by atoms with Crippen LogP contribution in [0.1, 0.15) is 26.2 Å². The smallest absolute Gasteiger partial charge is 0.117 e. The highest BCUT2D eigenvalue weighted by molar-refractivity contribution is 5.15. The first-order valence-electron chi connectivity index (χ1n) is 7.27. The number of allylic oxidation sites excluding steroid dienone is 1. The van der Waals surface area contributed by atoms with E-state index in [1.807, 2.05) is 0 Å². The quantitative estimate of drug-likeness (QED) is 0.752. The van der Waals surface area contributed by atoms with Gasteiger partial charge in [0.2, 0.25) is 0 Å². The molecule has 0 aromatic carbocycles. The van der Waals surface area contributed by atoms with Crippen molar-refractivity contribution in [1.29, 1.82) is 0 Å². The van der Waals surface area contributed by atoms with Crippen LogP contribution >= 0.6 is 0 Å². The van der Waals surface area contributed by atoms with E-state index in [1.54, 1.807) is 0 Å². The molecule has 0 saturated carbocycles. The summed E-state index contributed by atoms with van der Waals surface area (Å²) < 4.78 is 5.90. The van der Waals surface area contributed by atoms with Crippen molar-refractivity contribution >= 4 is 0 Å². The van der Waals surface area contributed by atoms with Crippen molar-refractivity contribution in [3.63, 3.8) is 0 Å². The molecule has 1 unspecified atom stereocenters. The van der Waals surface area contributed by atoms with E-state index < -0.39 is 0 Å². The average Bonchev–Trinajstić information content (AvgIpc) is 2.39. The Balaban J connectivity index is 1.67. The van der Waals surface area contributed by atoms with Crippen LogP contribution in [0.4, 0.5) is 0 Å². The van der Waals surface area contributed by atoms with Crippen molar-refractivity contribution < 1.29 is 4.74 Å². The lowest BCUT2D eigenvalue weighted by Crippen LogP contribution is -2.53. The summed E-state index contributed by atoms with van der Waals surface area (Å²) in [5.74, 6) is 1.27. The summed E-state index contributed by atoms with van der Waals surface area (Å²) in [7, 11) is 2.20. The maximum Gasteiger partial charge on any atom is 0.117 e. The molecular weight excluding hydrogens is 226 g/mol. The minimum Gasteiger partial charge on any atom is -0.494 e. The molecule has 1 N–H and O–H groups in total. The van der Waals surface area contributed by atoms with Gasteiger partial charge < -0.3 is 15.0 Å². The van der Waals surface area contributed by atoms with Gasteiger partial charge in [-0.05, 0) is 19.8 Å². The molecule has 0 spiro atoms. The third-order valence-corrected chi connectivity index (χ3v) is 4.54. The number of piperazine rings is 1. The van der Waals surface area contributed by atoms with E-state index in [9.17, 15) is 0 Å². The molecule has 0 aromatic rings. The van der Waals surface area contributed by atoms with Gasteiger partial charge in [0, 0.05) is 45.2 Å². The molecule has 0 amide bonds. The Bertz CT molecular complexity index is 342. The first-order valence-corrected chi connectivity index (χ1v) is 7.27. The fourth-order valence-electron chi connectivity index (χ4n) is 3.47. The van der Waals surface area contributed by atoms with Crippen molar-refractivity contribution in [2.75, 3.05) is 39.8 Å². The topological polar surface area (TPSA) is 27.7 Å². The Labute approximate surface area is 110 Å². The number of nitrogens with one attached hydrogen (secondary N) is 1. The lowest BCUT2D eigenvalue weighted by molar-refractivity contribution is 0.0756. The number of rotatable bonds is 1. The normalized spacial score (nSPS) is 34.2. The SMILES string of the molecule is C[C@@H]1CN(C2CCC3=C(C2)OCCN3C)CCN1. The van der Waals surface area contributed by atoms with Gasteiger partial charge >= 0.3 is 0 Å². The fraction of sp³-hybridized carbons (Fsp3) is 0.857. The first kappa shape index (κ1) is 12.3. The van der Waals surface area contributed by atoms with Crippen molar-refractivity contribution in [2.45, 2.75) is 38.3 Å². The lowest BCUT2D eigenvalue weighted by Gasteiger charge is -2.42. The molecule has 102 valence electrons. The van der Waals surface area contributed by atoms with E-state index >= 15 is 0 Å². The Hall–Kier alpha value is -0.740. The molecule has 18 heavy (non-hydrogen) atoms. The summed E-state index contributed by atoms with van der Waals surface area (Å²) in [5, 5.41) is 3.52. The zero-order valence-corrected chi connectivity index (χ0v) is 11.6. The second-order valence-corrected chi connectivity index (χ2v) is 5.89. The standard InChI is InChI=1S/C14H25N3O/c1-11-10-17(6-5-15-11)12-3-4-13-14(9-12)18-8-7-16(13)2/h11-12,15H,3-10H2,1-2H3/t11-,12?/m1/s1. The van der Waals surface area contributed by atoms with Gasteiger partial charge in [-0.1, -0.05) is 0 Å². The predicted molar refractivity (Wildman–Crippen MR) is 72.3 cm³/mol. The van der Waals surface area contributed by atoms with Crippen LogP contribution < -0.4 is 5.32 Å². The van der Waals surface area contributed by atoms with Crippen LogP contribution in [0.3, 0.4) is 0 Å². The minimum atomic E-state index is 0.629. The second kappa shape index (κ2) is 5.10. The summed E-state index contributed by atoms with van der Waals surface area (Å²) >= 11 is 0. The molecule has 4 nitrogen and oxygen atoms in total. The molecule has 3 rings (SSSR count). The highest BCUT2D eigenvalue weighted by atomic mass is 16.5. The minimum absolute atomic E-state index is 0.629. The Morgan fingerprint density at radius 3 is 3.06 bits per heavy atom. The van der Waals surface area contributed by atoms with Gasteiger partial charge in [-0.25, -0.2) is 0 Å². The third-order valence-electron chi connectivity index (χ3n) is 4.54. The number of hydrogen-bond donors (Lipinski definition) is 1. The van der Waals surface area contributed by atoms with Crippen molar-refractivity contribution in [2.24, 2.45) is 0 Å². The number of nitrogens with zero attached hydrogens (tertiary/aromatic N) is 2. The van der Waals surface area contributed by atoms with Crippen molar-refractivity contribution in [1.82, 2.24) is 15.1 Å². The van der Waals surface area contributed by atoms with Crippen LogP contribution in [0.25, 0.3) is 0 Å². The molecule has 4 heteroatoms. The molecule has 1 fully saturated rings. The van der Waals surface area contributed by atoms with Crippen LogP contribution in [0.15, 0.2) is 11.5 Å². The Morgan fingerprint density at radius 2 is 2.22 bits per heavy atom. The molecule has 2 atom stereocenters. The molecule has 0 radical (unpaired) electrons. The second-order valence-electron chi connectivity index (χ2n) is 5.89. The highest BCUT2D eigenvalue weighted by Crippen LogP contribution is 2.32. The van der Waals surface area contributed by atoms with E-state index in [-0.39, 0.29) is 0 Å². The summed E-state index contributed by atoms with van der Waals surface area (Å²) in [6.45, 7) is 7.69. The van der Waals surface area contributed by atoms with Crippen LogP contribution in [0.2, 0.25) is 0 Å². The first-order chi connectivity index (χ1) is 8.74. The lowest BCUT2D eigenvalue weighted by atomic mass is 9.94. The molecule has 0 bridgehead atoms. The summed E-state index contributed by atoms with van der Waals surface area (Å²) in [6, 6.07) is 1.32. The fourth-order valence-corrected chi connectivity index (χ4v) is 3.47. The van der Waals surface area contributed by atoms with E-state index in [4.69, 9.17) is 4.74 Å². The van der Waals surface area contributed by atoms with E-state index in [0.717, 1.165) is 26.1 Å². The summed E-state index contributed by atoms with van der Waals surface area (Å²) in [5.41, 5.74) is 1.46. The average molecular weight is 251 g/mol. The van der Waals surface area contributed by atoms with Crippen LogP contribution in [-0.2, 0) is 4.74 Å². The number of likely N-dealkylation sites (N-methyl/N-ethyl adjacent to an activating group) is 1. The molecular formula is C14H25N3O. The van der Waals surface area contributed by atoms with Gasteiger partial charge in [-0.2, -0.15) is 0 Å². The van der Waals surface area contributed by atoms with Gasteiger partial charge in [-0.3, -0.25) is 4.90 Å². The van der Waals surface area contributed by atoms with Gasteiger partial charge in [-0.15, -0.1) is 0 Å². The van der Waals surface area contributed by atoms with E-state index in [1.165, 1.54) is 37.4 Å². The number of hydrogen-bond acceptors (Lipinski definition) is 4. The zero-order chi connectivity index (χ0) is 12.5. The molecule has 1 saturated heterocycles.